The fraction of sp³-hybridized carbons (Fsp3) is 0.483. The van der Waals surface area contributed by atoms with E-state index in [-0.39, 0.29) is 29.4 Å². The van der Waals surface area contributed by atoms with E-state index in [1.165, 1.54) is 44.9 Å². The summed E-state index contributed by atoms with van der Waals surface area (Å²) in [5, 5.41) is 0.864. The van der Waals surface area contributed by atoms with E-state index < -0.39 is 0 Å². The number of aromatic nitrogens is 2. The van der Waals surface area contributed by atoms with Crippen LogP contribution in [0.25, 0.3) is 33.5 Å². The Bertz CT molecular complexity index is 1270. The van der Waals surface area contributed by atoms with Gasteiger partial charge in [0, 0.05) is 43.4 Å². The van der Waals surface area contributed by atoms with Gasteiger partial charge in [0.15, 0.2) is 17.5 Å². The summed E-state index contributed by atoms with van der Waals surface area (Å²) in [7, 11) is 0. The molecule has 0 N–H and O–H groups in total. The Balaban J connectivity index is 0.00000342. The van der Waals surface area contributed by atoms with Gasteiger partial charge in [-0.05, 0) is 38.5 Å². The first-order chi connectivity index (χ1) is 16.7. The van der Waals surface area contributed by atoms with Crippen LogP contribution in [0.3, 0.4) is 0 Å². The third-order valence-electron chi connectivity index (χ3n) is 6.83. The first-order valence-corrected chi connectivity index (χ1v) is 13.1. The lowest BCUT2D eigenvalue weighted by Gasteiger charge is -2.21. The minimum Gasteiger partial charge on any atom is -1.00 e. The van der Waals surface area contributed by atoms with Gasteiger partial charge in [-0.25, -0.2) is 4.98 Å². The molecule has 1 aliphatic carbocycles. The highest BCUT2D eigenvalue weighted by Gasteiger charge is 2.22. The van der Waals surface area contributed by atoms with Crippen LogP contribution in [-0.2, 0) is 6.54 Å². The number of halogens is 1. The van der Waals surface area contributed by atoms with E-state index in [4.69, 9.17) is 9.40 Å². The van der Waals surface area contributed by atoms with Gasteiger partial charge in [-0.2, -0.15) is 4.57 Å². The van der Waals surface area contributed by atoms with Crippen LogP contribution in [-0.4, -0.2) is 18.1 Å². The summed E-state index contributed by atoms with van der Waals surface area (Å²) >= 11 is 0. The zero-order valence-electron chi connectivity index (χ0n) is 21.4. The number of unbranched alkanes of at least 4 members (excludes halogenated alkanes) is 7. The van der Waals surface area contributed by atoms with Crippen molar-refractivity contribution in [2.24, 2.45) is 0 Å². The Morgan fingerprint density at radius 3 is 2.34 bits per heavy atom. The summed E-state index contributed by atoms with van der Waals surface area (Å²) in [6.07, 6.45) is 12.2. The van der Waals surface area contributed by atoms with Crippen molar-refractivity contribution in [1.82, 2.24) is 4.98 Å². The molecule has 1 aromatic heterocycles. The van der Waals surface area contributed by atoms with Gasteiger partial charge >= 0.3 is 0 Å². The van der Waals surface area contributed by atoms with Crippen molar-refractivity contribution < 1.29 is 33.0 Å². The van der Waals surface area contributed by atoms with Crippen LogP contribution in [0.2, 0.25) is 0 Å². The predicted molar refractivity (Wildman–Crippen MR) is 141 cm³/mol. The molecule has 2 heterocycles. The molecular formula is C29H38IN3O2. The minimum atomic E-state index is -0.00698. The van der Waals surface area contributed by atoms with Crippen LogP contribution >= 0.6 is 0 Å². The van der Waals surface area contributed by atoms with E-state index in [0.717, 1.165) is 53.9 Å². The summed E-state index contributed by atoms with van der Waals surface area (Å²) in [6, 6.07) is 11.7. The Labute approximate surface area is 225 Å². The molecule has 35 heavy (non-hydrogen) atoms. The maximum absolute atomic E-state index is 13.1. The van der Waals surface area contributed by atoms with Gasteiger partial charge in [0.2, 0.25) is 0 Å². The van der Waals surface area contributed by atoms with E-state index in [1.54, 1.807) is 6.07 Å². The van der Waals surface area contributed by atoms with Crippen molar-refractivity contribution in [3.63, 3.8) is 0 Å². The summed E-state index contributed by atoms with van der Waals surface area (Å²) in [5.74, 6) is 0.548. The number of aryl methyl sites for hydroxylation is 1. The van der Waals surface area contributed by atoms with E-state index in [1.807, 2.05) is 30.5 Å². The molecule has 2 aliphatic rings. The summed E-state index contributed by atoms with van der Waals surface area (Å²) in [5.41, 5.74) is 4.09. The van der Waals surface area contributed by atoms with E-state index in [0.29, 0.717) is 11.3 Å². The van der Waals surface area contributed by atoms with Gasteiger partial charge in [-0.3, -0.25) is 4.79 Å². The van der Waals surface area contributed by atoms with Gasteiger partial charge < -0.3 is 33.3 Å². The van der Waals surface area contributed by atoms with Crippen molar-refractivity contribution in [1.29, 1.82) is 0 Å². The zero-order valence-corrected chi connectivity index (χ0v) is 23.5. The highest BCUT2D eigenvalue weighted by Crippen LogP contribution is 2.31. The Kier molecular flexibility index (Phi) is 10.3. The van der Waals surface area contributed by atoms with Crippen molar-refractivity contribution in [3.05, 3.63) is 52.8 Å². The van der Waals surface area contributed by atoms with Gasteiger partial charge in [-0.15, -0.1) is 0 Å². The van der Waals surface area contributed by atoms with Crippen molar-refractivity contribution in [3.8, 4) is 11.5 Å². The SMILES string of the molecule is CCCCCCCCCC[n+]1cccc2c3nc4ccc(N(CC)CC)cc4oc-3cc(=O)c21.[I-]. The number of anilines is 1. The average Bonchev–Trinajstić information content (AvgIpc) is 2.85. The average molecular weight is 588 g/mol. The fourth-order valence-corrected chi connectivity index (χ4v) is 4.90. The highest BCUT2D eigenvalue weighted by atomic mass is 127. The Morgan fingerprint density at radius 2 is 1.63 bits per heavy atom. The first kappa shape index (κ1) is 27.4. The lowest BCUT2D eigenvalue weighted by Crippen LogP contribution is -3.00. The number of rotatable bonds is 12. The van der Waals surface area contributed by atoms with Crippen LogP contribution in [0.5, 0.6) is 0 Å². The second-order valence-electron chi connectivity index (χ2n) is 9.20. The molecule has 6 heteroatoms. The molecule has 2 aromatic rings. The van der Waals surface area contributed by atoms with Crippen LogP contribution in [0.1, 0.15) is 72.1 Å². The standard InChI is InChI=1S/C29H38N3O2.HI/c1-4-7-8-9-10-11-12-13-18-32-19-14-15-23-28-27(21-25(33)29(23)32)34-26-20-22(31(5-2)6-3)16-17-24(26)30-28;/h14-17,19-21H,4-13,18H2,1-3H3;1H/q+1;/p-1. The number of pyridine rings is 1. The zero-order chi connectivity index (χ0) is 23.9. The van der Waals surface area contributed by atoms with Crippen LogP contribution in [0, 0.1) is 0 Å². The molecule has 5 nitrogen and oxygen atoms in total. The molecular weight excluding hydrogens is 549 g/mol. The van der Waals surface area contributed by atoms with E-state index in [2.05, 4.69) is 36.3 Å². The number of benzene rings is 2. The lowest BCUT2D eigenvalue weighted by atomic mass is 10.1. The van der Waals surface area contributed by atoms with Gasteiger partial charge in [-0.1, -0.05) is 45.4 Å². The fourth-order valence-electron chi connectivity index (χ4n) is 4.90. The predicted octanol–water partition coefficient (Wildman–Crippen LogP) is 3.72. The van der Waals surface area contributed by atoms with Crippen molar-refractivity contribution >= 4 is 27.7 Å². The third kappa shape index (κ3) is 6.32. The molecule has 0 bridgehead atoms. The lowest BCUT2D eigenvalue weighted by molar-refractivity contribution is -0.672. The molecule has 0 saturated carbocycles. The van der Waals surface area contributed by atoms with E-state index in [9.17, 15) is 4.79 Å². The maximum atomic E-state index is 13.1. The molecule has 0 fully saturated rings. The van der Waals surface area contributed by atoms with Crippen LogP contribution < -0.4 is 38.9 Å². The van der Waals surface area contributed by atoms with Crippen molar-refractivity contribution in [2.75, 3.05) is 18.0 Å². The summed E-state index contributed by atoms with van der Waals surface area (Å²) < 4.78 is 8.31. The third-order valence-corrected chi connectivity index (χ3v) is 6.83. The molecule has 0 atom stereocenters. The molecule has 4 rings (SSSR count). The monoisotopic (exact) mass is 587 g/mol. The molecule has 0 radical (unpaired) electrons. The summed E-state index contributed by atoms with van der Waals surface area (Å²) in [4.78, 5) is 20.3. The molecule has 1 aliphatic heterocycles. The molecule has 0 amide bonds. The second-order valence-corrected chi connectivity index (χ2v) is 9.20. The Hall–Kier alpha value is -2.22. The number of hydrogen-bond acceptors (Lipinski definition) is 4. The molecule has 0 saturated heterocycles. The largest absolute Gasteiger partial charge is 1.00 e. The summed E-state index contributed by atoms with van der Waals surface area (Å²) in [6.45, 7) is 9.24. The van der Waals surface area contributed by atoms with Gasteiger partial charge in [0.05, 0.1) is 5.39 Å². The molecule has 188 valence electrons. The number of nitrogens with zero attached hydrogens (tertiary/aromatic N) is 3. The smallest absolute Gasteiger partial charge is 0.262 e. The number of hydrogen-bond donors (Lipinski definition) is 0. The normalized spacial score (nSPS) is 11.3. The molecule has 0 unspecified atom stereocenters. The quantitative estimate of drug-likeness (QED) is 0.0834. The minimum absolute atomic E-state index is 0. The molecule has 0 spiro atoms. The van der Waals surface area contributed by atoms with Gasteiger partial charge in [0.1, 0.15) is 17.8 Å². The first-order valence-electron chi connectivity index (χ1n) is 13.1. The molecule has 1 aromatic carbocycles. The number of fused-ring (bicyclic) bond motifs is 4. The maximum Gasteiger partial charge on any atom is 0.262 e. The van der Waals surface area contributed by atoms with Gasteiger partial charge in [0.25, 0.3) is 10.9 Å². The van der Waals surface area contributed by atoms with E-state index >= 15 is 0 Å². The Morgan fingerprint density at radius 1 is 0.914 bits per heavy atom. The topological polar surface area (TPSA) is 50.2 Å². The van der Waals surface area contributed by atoms with Crippen LogP contribution in [0.4, 0.5) is 5.69 Å². The highest BCUT2D eigenvalue weighted by molar-refractivity contribution is 5.93. The second kappa shape index (κ2) is 13.2. The van der Waals surface area contributed by atoms with Crippen LogP contribution in [0.15, 0.2) is 51.8 Å². The van der Waals surface area contributed by atoms with Crippen molar-refractivity contribution in [2.45, 2.75) is 78.7 Å².